The second-order valence-corrected chi connectivity index (χ2v) is 5.61. The van der Waals surface area contributed by atoms with Gasteiger partial charge in [0, 0.05) is 12.1 Å². The summed E-state index contributed by atoms with van der Waals surface area (Å²) < 4.78 is 0. The van der Waals surface area contributed by atoms with E-state index in [4.69, 9.17) is 28.0 Å². The maximum atomic E-state index is 11.9. The normalized spacial score (nSPS) is 12.1. The minimum Gasteiger partial charge on any atom is -0.383 e. The van der Waals surface area contributed by atoms with Gasteiger partial charge in [0.25, 0.3) is 5.91 Å². The molecule has 1 atom stereocenters. The van der Waals surface area contributed by atoms with E-state index in [0.717, 1.165) is 5.56 Å². The Kier molecular flexibility index (Phi) is 6.44. The molecule has 1 amide bonds. The van der Waals surface area contributed by atoms with Crippen molar-refractivity contribution in [2.45, 2.75) is 19.6 Å². The summed E-state index contributed by atoms with van der Waals surface area (Å²) in [5.41, 5.74) is 1.64. The molecule has 0 aliphatic heterocycles. The number of carbonyl (C=O) groups is 1. The first-order chi connectivity index (χ1) is 11.1. The molecule has 120 valence electrons. The van der Waals surface area contributed by atoms with Crippen molar-refractivity contribution in [3.63, 3.8) is 0 Å². The summed E-state index contributed by atoms with van der Waals surface area (Å²) in [5.74, 6) is -0.247. The van der Waals surface area contributed by atoms with Gasteiger partial charge in [-0.3, -0.25) is 4.79 Å². The van der Waals surface area contributed by atoms with Crippen LogP contribution in [0, 0.1) is 0 Å². The van der Waals surface area contributed by atoms with Crippen molar-refractivity contribution >= 4 is 35.3 Å². The van der Waals surface area contributed by atoms with Crippen LogP contribution < -0.4 is 5.32 Å². The molecular formula is C17H16Cl2N2O2. The average Bonchev–Trinajstić information content (AvgIpc) is 2.57. The zero-order valence-corrected chi connectivity index (χ0v) is 14.0. The van der Waals surface area contributed by atoms with Crippen LogP contribution in [-0.4, -0.2) is 18.2 Å². The van der Waals surface area contributed by atoms with Crippen molar-refractivity contribution in [2.75, 3.05) is 0 Å². The van der Waals surface area contributed by atoms with Gasteiger partial charge < -0.3 is 10.2 Å². The van der Waals surface area contributed by atoms with E-state index >= 15 is 0 Å². The summed E-state index contributed by atoms with van der Waals surface area (Å²) in [6.07, 6.45) is 0.711. The fourth-order valence-corrected chi connectivity index (χ4v) is 2.13. The maximum absolute atomic E-state index is 11.9. The standard InChI is InChI=1S/C17H16Cl2N2O2/c1-12(17(22)20-10-13-6-3-2-4-7-13)23-21-11-14-8-5-9-15(18)16(14)19/h2-9,11-12H,10H2,1H3,(H,20,22)/b21-11-/t12-/m0/s1. The molecule has 0 unspecified atom stereocenters. The number of hydrogen-bond acceptors (Lipinski definition) is 3. The van der Waals surface area contributed by atoms with Gasteiger partial charge in [0.2, 0.25) is 6.10 Å². The molecule has 2 aromatic rings. The van der Waals surface area contributed by atoms with Gasteiger partial charge in [-0.25, -0.2) is 0 Å². The second kappa shape index (κ2) is 8.56. The van der Waals surface area contributed by atoms with E-state index in [1.807, 2.05) is 30.3 Å². The van der Waals surface area contributed by atoms with Gasteiger partial charge in [-0.1, -0.05) is 70.8 Å². The lowest BCUT2D eigenvalue weighted by molar-refractivity contribution is -0.131. The molecule has 2 rings (SSSR count). The topological polar surface area (TPSA) is 50.7 Å². The van der Waals surface area contributed by atoms with Crippen LogP contribution in [0.1, 0.15) is 18.1 Å². The third-order valence-electron chi connectivity index (χ3n) is 3.07. The van der Waals surface area contributed by atoms with Crippen molar-refractivity contribution in [2.24, 2.45) is 5.16 Å². The highest BCUT2D eigenvalue weighted by molar-refractivity contribution is 6.43. The van der Waals surface area contributed by atoms with Gasteiger partial charge in [0.15, 0.2) is 0 Å². The number of hydrogen-bond donors (Lipinski definition) is 1. The van der Waals surface area contributed by atoms with E-state index in [1.165, 1.54) is 6.21 Å². The summed E-state index contributed by atoms with van der Waals surface area (Å²) >= 11 is 11.9. The predicted octanol–water partition coefficient (Wildman–Crippen LogP) is 4.05. The Morgan fingerprint density at radius 2 is 1.96 bits per heavy atom. The zero-order chi connectivity index (χ0) is 16.7. The molecule has 0 heterocycles. The first-order valence-electron chi connectivity index (χ1n) is 7.03. The van der Waals surface area contributed by atoms with Crippen LogP contribution in [0.4, 0.5) is 0 Å². The largest absolute Gasteiger partial charge is 0.383 e. The lowest BCUT2D eigenvalue weighted by atomic mass is 10.2. The van der Waals surface area contributed by atoms with Gasteiger partial charge in [-0.2, -0.15) is 0 Å². The molecule has 0 saturated carbocycles. The van der Waals surface area contributed by atoms with E-state index in [2.05, 4.69) is 10.5 Å². The van der Waals surface area contributed by atoms with E-state index in [-0.39, 0.29) is 5.91 Å². The number of carbonyl (C=O) groups excluding carboxylic acids is 1. The number of nitrogens with zero attached hydrogens (tertiary/aromatic N) is 1. The third-order valence-corrected chi connectivity index (χ3v) is 3.90. The summed E-state index contributed by atoms with van der Waals surface area (Å²) in [4.78, 5) is 17.1. The predicted molar refractivity (Wildman–Crippen MR) is 92.9 cm³/mol. The number of benzene rings is 2. The Morgan fingerprint density at radius 1 is 1.22 bits per heavy atom. The average molecular weight is 351 g/mol. The van der Waals surface area contributed by atoms with Crippen LogP contribution >= 0.6 is 23.2 Å². The summed E-state index contributed by atoms with van der Waals surface area (Å²) in [6, 6.07) is 14.8. The Morgan fingerprint density at radius 3 is 2.70 bits per heavy atom. The van der Waals surface area contributed by atoms with E-state index < -0.39 is 6.10 Å². The molecule has 0 aromatic heterocycles. The molecule has 0 bridgehead atoms. The van der Waals surface area contributed by atoms with Crippen molar-refractivity contribution in [3.05, 3.63) is 69.7 Å². The Labute approximate surface area is 145 Å². The van der Waals surface area contributed by atoms with Crippen LogP contribution in [0.15, 0.2) is 53.7 Å². The third kappa shape index (κ3) is 5.27. The number of halogens is 2. The zero-order valence-electron chi connectivity index (χ0n) is 12.5. The molecular weight excluding hydrogens is 335 g/mol. The molecule has 4 nitrogen and oxygen atoms in total. The van der Waals surface area contributed by atoms with Gasteiger partial charge in [-0.05, 0) is 18.6 Å². The van der Waals surface area contributed by atoms with Crippen LogP contribution in [0.25, 0.3) is 0 Å². The summed E-state index contributed by atoms with van der Waals surface area (Å²) in [6.45, 7) is 2.06. The Balaban J connectivity index is 1.84. The van der Waals surface area contributed by atoms with Crippen molar-refractivity contribution < 1.29 is 9.63 Å². The first-order valence-corrected chi connectivity index (χ1v) is 7.78. The first kappa shape index (κ1) is 17.3. The molecule has 6 heteroatoms. The number of rotatable bonds is 6. The Hall–Kier alpha value is -2.04. The summed E-state index contributed by atoms with van der Waals surface area (Å²) in [7, 11) is 0. The fourth-order valence-electron chi connectivity index (χ4n) is 1.78. The molecule has 2 aromatic carbocycles. The SMILES string of the molecule is C[C@H](O/N=C\c1cccc(Cl)c1Cl)C(=O)NCc1ccccc1. The van der Waals surface area contributed by atoms with Crippen LogP contribution in [0.3, 0.4) is 0 Å². The highest BCUT2D eigenvalue weighted by Crippen LogP contribution is 2.24. The number of oxime groups is 1. The lowest BCUT2D eigenvalue weighted by Gasteiger charge is -2.10. The smallest absolute Gasteiger partial charge is 0.263 e. The van der Waals surface area contributed by atoms with Crippen molar-refractivity contribution in [3.8, 4) is 0 Å². The van der Waals surface area contributed by atoms with Crippen LogP contribution in [0.2, 0.25) is 10.0 Å². The summed E-state index contributed by atoms with van der Waals surface area (Å²) in [5, 5.41) is 7.40. The number of nitrogens with one attached hydrogen (secondary N) is 1. The monoisotopic (exact) mass is 350 g/mol. The van der Waals surface area contributed by atoms with E-state index in [9.17, 15) is 4.79 Å². The van der Waals surface area contributed by atoms with Crippen LogP contribution in [0.5, 0.6) is 0 Å². The Bertz CT molecular complexity index is 690. The van der Waals surface area contributed by atoms with Crippen molar-refractivity contribution in [1.82, 2.24) is 5.32 Å². The molecule has 0 aliphatic carbocycles. The second-order valence-electron chi connectivity index (χ2n) is 4.83. The highest BCUT2D eigenvalue weighted by atomic mass is 35.5. The maximum Gasteiger partial charge on any atom is 0.263 e. The van der Waals surface area contributed by atoms with Gasteiger partial charge in [0.05, 0.1) is 16.3 Å². The van der Waals surface area contributed by atoms with Gasteiger partial charge in [-0.15, -0.1) is 0 Å². The molecule has 0 spiro atoms. The van der Waals surface area contributed by atoms with Crippen molar-refractivity contribution in [1.29, 1.82) is 0 Å². The molecule has 1 N–H and O–H groups in total. The van der Waals surface area contributed by atoms with E-state index in [0.29, 0.717) is 22.2 Å². The molecule has 0 aliphatic rings. The van der Waals surface area contributed by atoms with E-state index in [1.54, 1.807) is 25.1 Å². The lowest BCUT2D eigenvalue weighted by Crippen LogP contribution is -2.33. The molecule has 0 radical (unpaired) electrons. The number of amides is 1. The highest BCUT2D eigenvalue weighted by Gasteiger charge is 2.13. The quantitative estimate of drug-likeness (QED) is 0.631. The van der Waals surface area contributed by atoms with Crippen LogP contribution in [-0.2, 0) is 16.2 Å². The molecule has 0 saturated heterocycles. The van der Waals surface area contributed by atoms with Gasteiger partial charge in [0.1, 0.15) is 0 Å². The minimum atomic E-state index is -0.715. The van der Waals surface area contributed by atoms with Gasteiger partial charge >= 0.3 is 0 Å². The molecule has 23 heavy (non-hydrogen) atoms. The minimum absolute atomic E-state index is 0.247. The fraction of sp³-hybridized carbons (Fsp3) is 0.176. The molecule has 0 fully saturated rings.